The number of anilines is 3. The maximum atomic E-state index is 6.37. The first-order valence-corrected chi connectivity index (χ1v) is 16.2. The molecule has 8 aromatic carbocycles. The fraction of sp³-hybridized carbons (Fsp3) is 0. The zero-order chi connectivity index (χ0) is 31.9. The Morgan fingerprint density at radius 3 is 1.67 bits per heavy atom. The first-order chi connectivity index (χ1) is 23.8. The van der Waals surface area contributed by atoms with Gasteiger partial charge in [-0.05, 0) is 99.1 Å². The van der Waals surface area contributed by atoms with Crippen LogP contribution >= 0.6 is 0 Å². The SMILES string of the molecule is c1ccc(-c2ccc(N(c3ccccc3)c3ccc4c(-c5ccccc5)cc5ccc6oc(-c7ccccc7)nc6c5c4c3)cc2)cc1. The Kier molecular flexibility index (Phi) is 6.80. The van der Waals surface area contributed by atoms with Crippen LogP contribution in [-0.2, 0) is 0 Å². The lowest BCUT2D eigenvalue weighted by Gasteiger charge is -2.26. The Balaban J connectivity index is 1.29. The monoisotopic (exact) mass is 614 g/mol. The van der Waals surface area contributed by atoms with E-state index in [1.807, 2.05) is 36.4 Å². The summed E-state index contributed by atoms with van der Waals surface area (Å²) in [7, 11) is 0. The quantitative estimate of drug-likeness (QED) is 0.175. The smallest absolute Gasteiger partial charge is 0.227 e. The number of nitrogens with zero attached hydrogens (tertiary/aromatic N) is 2. The van der Waals surface area contributed by atoms with Crippen molar-refractivity contribution in [3.05, 3.63) is 182 Å². The molecule has 1 aromatic heterocycles. The van der Waals surface area contributed by atoms with E-state index in [9.17, 15) is 0 Å². The Bertz CT molecular complexity index is 2520. The minimum absolute atomic E-state index is 0.624. The molecule has 0 saturated carbocycles. The number of hydrogen-bond donors (Lipinski definition) is 0. The van der Waals surface area contributed by atoms with E-state index in [1.54, 1.807) is 0 Å². The normalized spacial score (nSPS) is 11.3. The van der Waals surface area contributed by atoms with Gasteiger partial charge in [0.25, 0.3) is 0 Å². The van der Waals surface area contributed by atoms with Crippen LogP contribution in [0.3, 0.4) is 0 Å². The van der Waals surface area contributed by atoms with Gasteiger partial charge >= 0.3 is 0 Å². The molecule has 0 aliphatic carbocycles. The highest BCUT2D eigenvalue weighted by atomic mass is 16.3. The first-order valence-electron chi connectivity index (χ1n) is 16.2. The summed E-state index contributed by atoms with van der Waals surface area (Å²) >= 11 is 0. The molecule has 0 spiro atoms. The zero-order valence-electron chi connectivity index (χ0n) is 26.1. The number of benzene rings is 8. The largest absolute Gasteiger partial charge is 0.436 e. The van der Waals surface area contributed by atoms with Gasteiger partial charge in [-0.25, -0.2) is 4.98 Å². The molecule has 0 radical (unpaired) electrons. The molecule has 9 aromatic rings. The van der Waals surface area contributed by atoms with Gasteiger partial charge in [0.2, 0.25) is 5.89 Å². The molecule has 48 heavy (non-hydrogen) atoms. The van der Waals surface area contributed by atoms with Crippen LogP contribution in [0.15, 0.2) is 186 Å². The van der Waals surface area contributed by atoms with Crippen LogP contribution in [0.4, 0.5) is 17.1 Å². The topological polar surface area (TPSA) is 29.3 Å². The third-order valence-corrected chi connectivity index (χ3v) is 9.07. The van der Waals surface area contributed by atoms with Gasteiger partial charge < -0.3 is 9.32 Å². The molecule has 3 nitrogen and oxygen atoms in total. The minimum Gasteiger partial charge on any atom is -0.436 e. The Hall–Kier alpha value is -6.45. The van der Waals surface area contributed by atoms with E-state index in [0.717, 1.165) is 49.9 Å². The molecule has 1 heterocycles. The summed E-state index contributed by atoms with van der Waals surface area (Å²) in [5, 5.41) is 4.51. The second-order valence-electron chi connectivity index (χ2n) is 12.0. The zero-order valence-corrected chi connectivity index (χ0v) is 26.1. The van der Waals surface area contributed by atoms with Crippen molar-refractivity contribution in [1.82, 2.24) is 4.98 Å². The highest BCUT2D eigenvalue weighted by Crippen LogP contribution is 2.43. The van der Waals surface area contributed by atoms with Crippen molar-refractivity contribution in [2.24, 2.45) is 0 Å². The molecule has 0 atom stereocenters. The van der Waals surface area contributed by atoms with Crippen LogP contribution in [0, 0.1) is 0 Å². The average Bonchev–Trinajstić information content (AvgIpc) is 3.61. The molecule has 0 aliphatic heterocycles. The lowest BCUT2D eigenvalue weighted by Crippen LogP contribution is -2.09. The van der Waals surface area contributed by atoms with Crippen molar-refractivity contribution in [2.75, 3.05) is 4.90 Å². The lowest BCUT2D eigenvalue weighted by molar-refractivity contribution is 0.620. The van der Waals surface area contributed by atoms with E-state index in [1.165, 1.54) is 27.6 Å². The summed E-state index contributed by atoms with van der Waals surface area (Å²) in [5.41, 5.74) is 10.6. The summed E-state index contributed by atoms with van der Waals surface area (Å²) in [6.45, 7) is 0. The van der Waals surface area contributed by atoms with Crippen LogP contribution in [0.5, 0.6) is 0 Å². The molecule has 0 bridgehead atoms. The van der Waals surface area contributed by atoms with E-state index in [-0.39, 0.29) is 0 Å². The summed E-state index contributed by atoms with van der Waals surface area (Å²) in [6.07, 6.45) is 0. The van der Waals surface area contributed by atoms with Crippen LogP contribution in [-0.4, -0.2) is 4.98 Å². The summed E-state index contributed by atoms with van der Waals surface area (Å²) in [6, 6.07) is 64.0. The van der Waals surface area contributed by atoms with Crippen LogP contribution in [0.1, 0.15) is 0 Å². The Morgan fingerprint density at radius 1 is 0.417 bits per heavy atom. The standard InChI is InChI=1S/C45H30N2O/c1-5-13-31(14-6-1)32-21-24-37(25-22-32)47(36-19-11-4-12-20-36)38-26-27-39-40(33-15-7-2-8-16-33)29-35-23-28-42-44(43(35)41(39)30-38)46-45(48-42)34-17-9-3-10-18-34/h1-30H. The summed E-state index contributed by atoms with van der Waals surface area (Å²) in [5.74, 6) is 0.624. The molecule has 0 N–H and O–H groups in total. The summed E-state index contributed by atoms with van der Waals surface area (Å²) in [4.78, 5) is 7.44. The molecule has 9 rings (SSSR count). The van der Waals surface area contributed by atoms with Crippen LogP contribution in [0.2, 0.25) is 0 Å². The Morgan fingerprint density at radius 2 is 0.979 bits per heavy atom. The van der Waals surface area contributed by atoms with Gasteiger partial charge in [0, 0.05) is 28.0 Å². The fourth-order valence-electron chi connectivity index (χ4n) is 6.78. The van der Waals surface area contributed by atoms with Crippen LogP contribution in [0.25, 0.3) is 66.4 Å². The van der Waals surface area contributed by atoms with E-state index < -0.39 is 0 Å². The number of aromatic nitrogens is 1. The van der Waals surface area contributed by atoms with Gasteiger partial charge in [0.05, 0.1) is 0 Å². The van der Waals surface area contributed by atoms with E-state index in [2.05, 4.69) is 150 Å². The van der Waals surface area contributed by atoms with Gasteiger partial charge in [-0.1, -0.05) is 121 Å². The van der Waals surface area contributed by atoms with E-state index in [4.69, 9.17) is 9.40 Å². The van der Waals surface area contributed by atoms with Gasteiger partial charge in [-0.3, -0.25) is 0 Å². The highest BCUT2D eigenvalue weighted by Gasteiger charge is 2.19. The molecular weight excluding hydrogens is 585 g/mol. The molecule has 0 fully saturated rings. The maximum absolute atomic E-state index is 6.37. The van der Waals surface area contributed by atoms with Crippen molar-refractivity contribution in [3.8, 4) is 33.7 Å². The van der Waals surface area contributed by atoms with Crippen molar-refractivity contribution >= 4 is 49.7 Å². The molecular formula is C45H30N2O. The van der Waals surface area contributed by atoms with Gasteiger partial charge in [-0.15, -0.1) is 0 Å². The van der Waals surface area contributed by atoms with Crippen molar-refractivity contribution < 1.29 is 4.42 Å². The predicted octanol–water partition coefficient (Wildman–Crippen LogP) is 12.6. The van der Waals surface area contributed by atoms with Crippen LogP contribution < -0.4 is 4.90 Å². The minimum atomic E-state index is 0.624. The number of rotatable bonds is 6. The first kappa shape index (κ1) is 27.8. The van der Waals surface area contributed by atoms with E-state index in [0.29, 0.717) is 5.89 Å². The fourth-order valence-corrected chi connectivity index (χ4v) is 6.78. The molecule has 3 heteroatoms. The third-order valence-electron chi connectivity index (χ3n) is 9.07. The number of oxazole rings is 1. The number of fused-ring (bicyclic) bond motifs is 5. The van der Waals surface area contributed by atoms with Crippen molar-refractivity contribution in [1.29, 1.82) is 0 Å². The number of hydrogen-bond acceptors (Lipinski definition) is 3. The molecule has 0 amide bonds. The number of para-hydroxylation sites is 1. The molecule has 0 aliphatic rings. The molecule has 226 valence electrons. The second kappa shape index (κ2) is 11.7. The average molecular weight is 615 g/mol. The summed E-state index contributed by atoms with van der Waals surface area (Å²) < 4.78 is 6.37. The van der Waals surface area contributed by atoms with Gasteiger partial charge in [0.1, 0.15) is 5.52 Å². The maximum Gasteiger partial charge on any atom is 0.227 e. The second-order valence-corrected chi connectivity index (χ2v) is 12.0. The predicted molar refractivity (Wildman–Crippen MR) is 200 cm³/mol. The van der Waals surface area contributed by atoms with Gasteiger partial charge in [0.15, 0.2) is 5.58 Å². The molecule has 0 saturated heterocycles. The van der Waals surface area contributed by atoms with Crippen molar-refractivity contribution in [3.63, 3.8) is 0 Å². The Labute approximate surface area is 279 Å². The molecule has 0 unspecified atom stereocenters. The highest BCUT2D eigenvalue weighted by molar-refractivity contribution is 6.22. The van der Waals surface area contributed by atoms with Gasteiger partial charge in [-0.2, -0.15) is 0 Å². The van der Waals surface area contributed by atoms with Crippen molar-refractivity contribution in [2.45, 2.75) is 0 Å². The third kappa shape index (κ3) is 4.90. The van der Waals surface area contributed by atoms with E-state index >= 15 is 0 Å². The lowest BCUT2D eigenvalue weighted by atomic mass is 9.92.